The summed E-state index contributed by atoms with van der Waals surface area (Å²) in [6.07, 6.45) is 0. The fourth-order valence-electron chi connectivity index (χ4n) is 0.0292. The smallest absolute Gasteiger partial charge is 0.0123 e. The summed E-state index contributed by atoms with van der Waals surface area (Å²) in [5.41, 5.74) is 0. The van der Waals surface area contributed by atoms with Gasteiger partial charge in [0.1, 0.15) is 0 Å². The first-order chi connectivity index (χ1) is 2.41. The lowest BCUT2D eigenvalue weighted by Gasteiger charge is -1.76. The second kappa shape index (κ2) is 5.81. The number of hydrogen-bond donors (Lipinski definition) is 0. The topological polar surface area (TPSA) is 0 Å². The summed E-state index contributed by atoms with van der Waals surface area (Å²) in [6, 6.07) is 0. The summed E-state index contributed by atoms with van der Waals surface area (Å²) in [4.78, 5) is 0. The predicted molar refractivity (Wildman–Crippen MR) is 45.4 cm³/mol. The molecule has 0 unspecified atom stereocenters. The molecule has 0 rings (SSSR count). The molecule has 0 aromatic carbocycles. The number of rotatable bonds is 2. The highest BCUT2D eigenvalue weighted by molar-refractivity contribution is 14.2. The number of halogens is 2. The van der Waals surface area contributed by atoms with Gasteiger partial charge in [-0.25, -0.2) is 0 Å². The zero-order chi connectivity index (χ0) is 4.12. The van der Waals surface area contributed by atoms with Crippen LogP contribution >= 0.6 is 52.7 Å². The Balaban J connectivity index is 2.19. The van der Waals surface area contributed by atoms with Crippen LogP contribution in [0.2, 0.25) is 0 Å². The molecule has 0 saturated carbocycles. The molecule has 0 aromatic rings. The van der Waals surface area contributed by atoms with Crippen molar-refractivity contribution in [2.24, 2.45) is 0 Å². The monoisotopic (exact) mass is 314 g/mol. The molecule has 0 nitrogen and oxygen atoms in total. The van der Waals surface area contributed by atoms with Crippen molar-refractivity contribution < 1.29 is 0 Å². The molecule has 0 amide bonds. The van der Waals surface area contributed by atoms with Crippen LogP contribution in [0, 0.1) is 0 Å². The molecule has 0 fully saturated rings. The first-order valence-electron chi connectivity index (χ1n) is 1.21. The van der Waals surface area contributed by atoms with Gasteiger partial charge in [0.15, 0.2) is 0 Å². The van der Waals surface area contributed by atoms with Crippen LogP contribution in [0.25, 0.3) is 0 Å². The highest BCUT2D eigenvalue weighted by atomic mass is 127. The van der Waals surface area contributed by atoms with E-state index in [1.54, 1.807) is 0 Å². The van der Waals surface area contributed by atoms with Gasteiger partial charge in [-0.3, -0.25) is 0 Å². The molecule has 0 aromatic heterocycles. The van der Waals surface area contributed by atoms with E-state index < -0.39 is 0 Å². The maximum Gasteiger partial charge on any atom is 0.0123 e. The summed E-state index contributed by atoms with van der Waals surface area (Å²) in [5, 5.41) is 0. The lowest BCUT2D eigenvalue weighted by atomic mass is 11.0. The van der Waals surface area contributed by atoms with Gasteiger partial charge in [0.05, 0.1) is 0 Å². The summed E-state index contributed by atoms with van der Waals surface area (Å²) in [7, 11) is 1.86. The van der Waals surface area contributed by atoms with Crippen molar-refractivity contribution in [1.29, 1.82) is 0 Å². The maximum atomic E-state index is 2.36. The van der Waals surface area contributed by atoms with Gasteiger partial charge >= 0.3 is 0 Å². The van der Waals surface area contributed by atoms with E-state index in [0.717, 1.165) is 0 Å². The Morgan fingerprint density at radius 3 is 2.20 bits per heavy atom. The normalized spacial score (nSPS) is 8.40. The Morgan fingerprint density at radius 2 is 2.20 bits per heavy atom. The van der Waals surface area contributed by atoms with Gasteiger partial charge in [0, 0.05) is 10.2 Å². The van der Waals surface area contributed by atoms with Crippen molar-refractivity contribution in [3.05, 3.63) is 0 Å². The molecule has 0 spiro atoms. The van der Waals surface area contributed by atoms with Gasteiger partial charge in [0.25, 0.3) is 0 Å². The van der Waals surface area contributed by atoms with E-state index in [0.29, 0.717) is 0 Å². The molecular weight excluding hydrogens is 310 g/mol. The van der Waals surface area contributed by atoms with Crippen LogP contribution in [0.4, 0.5) is 0 Å². The third-order valence-electron chi connectivity index (χ3n) is 0.154. The van der Waals surface area contributed by atoms with Gasteiger partial charge in [-0.1, -0.05) is 31.5 Å². The quantitative estimate of drug-likeness (QED) is 0.557. The highest BCUT2D eigenvalue weighted by Crippen LogP contribution is 2.10. The maximum absolute atomic E-state index is 2.36. The minimum absolute atomic E-state index is 1.27. The standard InChI is InChI=1S/C2H4I2S/c3-1-2-5-4/h1-2H2. The van der Waals surface area contributed by atoms with Crippen LogP contribution < -0.4 is 0 Å². The summed E-state index contributed by atoms with van der Waals surface area (Å²) < 4.78 is 1.27. The van der Waals surface area contributed by atoms with Crippen molar-refractivity contribution in [1.82, 2.24) is 0 Å². The van der Waals surface area contributed by atoms with E-state index in [1.165, 1.54) is 10.2 Å². The second-order valence-electron chi connectivity index (χ2n) is 0.502. The molecule has 0 atom stereocenters. The van der Waals surface area contributed by atoms with Crippen LogP contribution in [-0.2, 0) is 0 Å². The average molecular weight is 314 g/mol. The van der Waals surface area contributed by atoms with E-state index in [-0.39, 0.29) is 0 Å². The SMILES string of the molecule is ICCSI. The Morgan fingerprint density at radius 1 is 1.60 bits per heavy atom. The fourth-order valence-corrected chi connectivity index (χ4v) is 3.94. The third-order valence-corrected chi connectivity index (χ3v) is 3.11. The van der Waals surface area contributed by atoms with E-state index in [9.17, 15) is 0 Å². The minimum atomic E-state index is 1.27. The van der Waals surface area contributed by atoms with E-state index >= 15 is 0 Å². The van der Waals surface area contributed by atoms with Crippen LogP contribution in [0.5, 0.6) is 0 Å². The minimum Gasteiger partial charge on any atom is -0.0886 e. The van der Waals surface area contributed by atoms with Crippen molar-refractivity contribution in [3.63, 3.8) is 0 Å². The molecule has 0 aliphatic rings. The highest BCUT2D eigenvalue weighted by Gasteiger charge is 1.71. The first kappa shape index (κ1) is 6.81. The van der Waals surface area contributed by atoms with Crippen LogP contribution in [-0.4, -0.2) is 10.2 Å². The van der Waals surface area contributed by atoms with Gasteiger partial charge < -0.3 is 0 Å². The summed E-state index contributed by atoms with van der Waals surface area (Å²) >= 11 is 4.66. The predicted octanol–water partition coefficient (Wildman–Crippen LogP) is 2.50. The molecule has 32 valence electrons. The van der Waals surface area contributed by atoms with Gasteiger partial charge in [-0.05, 0) is 21.2 Å². The van der Waals surface area contributed by atoms with Gasteiger partial charge in [-0.15, -0.1) is 0 Å². The average Bonchev–Trinajstić information content (AvgIpc) is 1.41. The van der Waals surface area contributed by atoms with E-state index in [1.807, 2.05) is 8.93 Å². The second-order valence-corrected chi connectivity index (χ2v) is 4.08. The Labute approximate surface area is 62.2 Å². The van der Waals surface area contributed by atoms with Crippen LogP contribution in [0.1, 0.15) is 0 Å². The molecule has 0 heterocycles. The van der Waals surface area contributed by atoms with E-state index in [4.69, 9.17) is 0 Å². The molecule has 0 radical (unpaired) electrons. The van der Waals surface area contributed by atoms with Crippen molar-refractivity contribution in [2.45, 2.75) is 0 Å². The van der Waals surface area contributed by atoms with E-state index in [2.05, 4.69) is 43.8 Å². The Hall–Kier alpha value is 1.81. The Bertz CT molecular complexity index is 15.1. The lowest BCUT2D eigenvalue weighted by molar-refractivity contribution is 1.63. The molecule has 0 aliphatic carbocycles. The van der Waals surface area contributed by atoms with Crippen molar-refractivity contribution in [2.75, 3.05) is 10.2 Å². The number of alkyl halides is 1. The Kier molecular flexibility index (Phi) is 7.91. The van der Waals surface area contributed by atoms with Gasteiger partial charge in [0.2, 0.25) is 0 Å². The number of hydrogen-bond acceptors (Lipinski definition) is 1. The lowest BCUT2D eigenvalue weighted by Crippen LogP contribution is -1.66. The zero-order valence-corrected chi connectivity index (χ0v) is 7.71. The van der Waals surface area contributed by atoms with Crippen molar-refractivity contribution in [3.8, 4) is 0 Å². The largest absolute Gasteiger partial charge is 0.0886 e. The summed E-state index contributed by atoms with van der Waals surface area (Å²) in [6.45, 7) is 0. The molecule has 3 heteroatoms. The molecule has 0 N–H and O–H groups in total. The van der Waals surface area contributed by atoms with Gasteiger partial charge in [-0.2, -0.15) is 0 Å². The van der Waals surface area contributed by atoms with Crippen LogP contribution in [0.3, 0.4) is 0 Å². The zero-order valence-electron chi connectivity index (χ0n) is 2.58. The van der Waals surface area contributed by atoms with Crippen molar-refractivity contribution >= 4 is 52.7 Å². The molecule has 0 bridgehead atoms. The molecule has 5 heavy (non-hydrogen) atoms. The molecular formula is C2H4I2S. The third kappa shape index (κ3) is 5.81. The molecule has 0 saturated heterocycles. The van der Waals surface area contributed by atoms with Crippen LogP contribution in [0.15, 0.2) is 0 Å². The summed E-state index contributed by atoms with van der Waals surface area (Å²) in [5.74, 6) is 1.28. The first-order valence-corrected chi connectivity index (χ1v) is 6.26. The molecule has 0 aliphatic heterocycles. The fraction of sp³-hybridized carbons (Fsp3) is 1.00.